The van der Waals surface area contributed by atoms with Crippen LogP contribution in [-0.4, -0.2) is 18.2 Å². The van der Waals surface area contributed by atoms with Crippen molar-refractivity contribution >= 4 is 17.3 Å². The van der Waals surface area contributed by atoms with E-state index in [4.69, 9.17) is 20.9 Å². The van der Waals surface area contributed by atoms with Crippen LogP contribution in [0.1, 0.15) is 25.7 Å². The van der Waals surface area contributed by atoms with Crippen molar-refractivity contribution < 1.29 is 14.3 Å². The molecule has 5 heteroatoms. The molecule has 5 nitrogen and oxygen atoms in total. The number of esters is 1. The van der Waals surface area contributed by atoms with Crippen LogP contribution in [0.4, 0.5) is 11.4 Å². The van der Waals surface area contributed by atoms with E-state index in [1.54, 1.807) is 18.2 Å². The highest BCUT2D eigenvalue weighted by molar-refractivity contribution is 5.81. The molecular formula is C15H20N2O3. The zero-order chi connectivity index (χ0) is 14.5. The molecule has 20 heavy (non-hydrogen) atoms. The summed E-state index contributed by atoms with van der Waals surface area (Å²) in [4.78, 5) is 11.1. The lowest BCUT2D eigenvalue weighted by atomic mass is 9.95. The maximum atomic E-state index is 11.1. The third-order valence-corrected chi connectivity index (χ3v) is 3.43. The summed E-state index contributed by atoms with van der Waals surface area (Å²) in [7, 11) is 0. The highest BCUT2D eigenvalue weighted by atomic mass is 16.5. The highest BCUT2D eigenvalue weighted by Gasteiger charge is 2.25. The van der Waals surface area contributed by atoms with Gasteiger partial charge in [-0.1, -0.05) is 12.6 Å². The van der Waals surface area contributed by atoms with Crippen molar-refractivity contribution in [3.8, 4) is 5.75 Å². The smallest absolute Gasteiger partial charge is 0.330 e. The van der Waals surface area contributed by atoms with Gasteiger partial charge in [-0.15, -0.1) is 0 Å². The zero-order valence-corrected chi connectivity index (χ0v) is 11.4. The number of ether oxygens (including phenoxy) is 2. The monoisotopic (exact) mass is 276 g/mol. The summed E-state index contributed by atoms with van der Waals surface area (Å²) in [5.41, 5.74) is 12.8. The van der Waals surface area contributed by atoms with Crippen molar-refractivity contribution in [1.82, 2.24) is 0 Å². The third kappa shape index (κ3) is 3.44. The number of hydrogen-bond acceptors (Lipinski definition) is 5. The summed E-state index contributed by atoms with van der Waals surface area (Å²) in [5, 5.41) is 0. The number of carbonyl (C=O) groups is 1. The number of carbonyl (C=O) groups excluding carboxylic acids is 1. The Morgan fingerprint density at radius 2 is 1.70 bits per heavy atom. The van der Waals surface area contributed by atoms with Gasteiger partial charge in [-0.2, -0.15) is 0 Å². The van der Waals surface area contributed by atoms with Crippen molar-refractivity contribution in [3.63, 3.8) is 0 Å². The Morgan fingerprint density at radius 3 is 2.25 bits per heavy atom. The van der Waals surface area contributed by atoms with Crippen molar-refractivity contribution in [1.29, 1.82) is 0 Å². The van der Waals surface area contributed by atoms with Gasteiger partial charge in [-0.25, -0.2) is 4.79 Å². The number of rotatable bonds is 4. The Bertz CT molecular complexity index is 474. The second kappa shape index (κ2) is 6.32. The molecular weight excluding hydrogens is 256 g/mol. The molecule has 1 fully saturated rings. The van der Waals surface area contributed by atoms with Gasteiger partial charge in [-0.3, -0.25) is 0 Å². The van der Waals surface area contributed by atoms with Crippen molar-refractivity contribution in [2.45, 2.75) is 37.9 Å². The molecule has 0 bridgehead atoms. The largest absolute Gasteiger partial charge is 0.486 e. The van der Waals surface area contributed by atoms with Crippen molar-refractivity contribution in [2.24, 2.45) is 0 Å². The zero-order valence-electron chi connectivity index (χ0n) is 11.4. The van der Waals surface area contributed by atoms with Crippen LogP contribution in [0, 0.1) is 0 Å². The molecule has 1 aromatic rings. The van der Waals surface area contributed by atoms with Gasteiger partial charge in [0.25, 0.3) is 0 Å². The number of hydrogen-bond donors (Lipinski definition) is 2. The first kappa shape index (κ1) is 14.2. The molecule has 0 aliphatic heterocycles. The van der Waals surface area contributed by atoms with Crippen LogP contribution in [0.5, 0.6) is 5.75 Å². The Morgan fingerprint density at radius 1 is 1.15 bits per heavy atom. The molecule has 1 aliphatic carbocycles. The van der Waals surface area contributed by atoms with E-state index in [1.807, 2.05) is 0 Å². The number of nitrogen functional groups attached to an aromatic ring is 2. The van der Waals surface area contributed by atoms with E-state index >= 15 is 0 Å². The average Bonchev–Trinajstić information content (AvgIpc) is 2.44. The summed E-state index contributed by atoms with van der Waals surface area (Å²) >= 11 is 0. The number of anilines is 2. The summed E-state index contributed by atoms with van der Waals surface area (Å²) in [6.07, 6.45) is 4.36. The predicted octanol–water partition coefficient (Wildman–Crippen LogP) is 2.27. The molecule has 2 rings (SSSR count). The first-order valence-corrected chi connectivity index (χ1v) is 6.74. The molecule has 0 aromatic heterocycles. The number of para-hydroxylation sites is 1. The molecule has 108 valence electrons. The van der Waals surface area contributed by atoms with Gasteiger partial charge in [0, 0.05) is 6.08 Å². The Balaban J connectivity index is 1.88. The second-order valence-corrected chi connectivity index (χ2v) is 4.92. The Hall–Kier alpha value is -2.17. The topological polar surface area (TPSA) is 87.6 Å². The van der Waals surface area contributed by atoms with Crippen LogP contribution in [0.15, 0.2) is 30.9 Å². The fourth-order valence-corrected chi connectivity index (χ4v) is 2.36. The normalized spacial score (nSPS) is 22.0. The van der Waals surface area contributed by atoms with E-state index in [9.17, 15) is 4.79 Å². The lowest BCUT2D eigenvalue weighted by Gasteiger charge is -2.29. The van der Waals surface area contributed by atoms with E-state index in [0.29, 0.717) is 17.1 Å². The van der Waals surface area contributed by atoms with Gasteiger partial charge in [0.15, 0.2) is 5.75 Å². The summed E-state index contributed by atoms with van der Waals surface area (Å²) in [5.74, 6) is 0.185. The minimum Gasteiger partial charge on any atom is -0.486 e. The minimum atomic E-state index is -0.370. The SMILES string of the molecule is C=CC(=O)OC1CCC(Oc2c(N)cccc2N)CC1. The average molecular weight is 276 g/mol. The van der Waals surface area contributed by atoms with Gasteiger partial charge in [-0.05, 0) is 37.8 Å². The molecule has 0 heterocycles. The molecule has 1 saturated carbocycles. The van der Waals surface area contributed by atoms with Gasteiger partial charge in [0.05, 0.1) is 17.5 Å². The van der Waals surface area contributed by atoms with Gasteiger partial charge < -0.3 is 20.9 Å². The first-order chi connectivity index (χ1) is 9.60. The molecule has 0 spiro atoms. The maximum absolute atomic E-state index is 11.1. The fourth-order valence-electron chi connectivity index (χ4n) is 2.36. The standard InChI is InChI=1S/C15H20N2O3/c1-2-14(18)19-10-6-8-11(9-7-10)20-15-12(16)4-3-5-13(15)17/h2-5,10-11H,1,6-9,16-17H2. The van der Waals surface area contributed by atoms with E-state index < -0.39 is 0 Å². The molecule has 0 radical (unpaired) electrons. The van der Waals surface area contributed by atoms with Gasteiger partial charge in [0.1, 0.15) is 6.10 Å². The molecule has 1 aliphatic rings. The number of benzene rings is 1. The van der Waals surface area contributed by atoms with Crippen LogP contribution in [0.3, 0.4) is 0 Å². The summed E-state index contributed by atoms with van der Waals surface area (Å²) in [6, 6.07) is 5.33. The number of nitrogens with two attached hydrogens (primary N) is 2. The van der Waals surface area contributed by atoms with Crippen molar-refractivity contribution in [2.75, 3.05) is 11.5 Å². The van der Waals surface area contributed by atoms with E-state index in [-0.39, 0.29) is 18.2 Å². The third-order valence-electron chi connectivity index (χ3n) is 3.43. The Labute approximate surface area is 118 Å². The van der Waals surface area contributed by atoms with Crippen molar-refractivity contribution in [3.05, 3.63) is 30.9 Å². The first-order valence-electron chi connectivity index (χ1n) is 6.74. The highest BCUT2D eigenvalue weighted by Crippen LogP contribution is 2.33. The minimum absolute atomic E-state index is 0.0502. The summed E-state index contributed by atoms with van der Waals surface area (Å²) in [6.45, 7) is 3.39. The molecule has 0 unspecified atom stereocenters. The van der Waals surface area contributed by atoms with E-state index in [2.05, 4.69) is 6.58 Å². The van der Waals surface area contributed by atoms with Crippen LogP contribution < -0.4 is 16.2 Å². The van der Waals surface area contributed by atoms with Gasteiger partial charge in [0.2, 0.25) is 0 Å². The second-order valence-electron chi connectivity index (χ2n) is 4.92. The lowest BCUT2D eigenvalue weighted by molar-refractivity contribution is -0.145. The van der Waals surface area contributed by atoms with Gasteiger partial charge >= 0.3 is 5.97 Å². The van der Waals surface area contributed by atoms with E-state index in [1.165, 1.54) is 6.08 Å². The van der Waals surface area contributed by atoms with E-state index in [0.717, 1.165) is 25.7 Å². The summed E-state index contributed by atoms with van der Waals surface area (Å²) < 4.78 is 11.1. The van der Waals surface area contributed by atoms with Crippen LogP contribution >= 0.6 is 0 Å². The maximum Gasteiger partial charge on any atom is 0.330 e. The quantitative estimate of drug-likeness (QED) is 0.500. The molecule has 0 saturated heterocycles. The Kier molecular flexibility index (Phi) is 4.50. The molecule has 0 atom stereocenters. The predicted molar refractivity (Wildman–Crippen MR) is 78.2 cm³/mol. The molecule has 0 amide bonds. The van der Waals surface area contributed by atoms with Crippen LogP contribution in [0.25, 0.3) is 0 Å². The molecule has 1 aromatic carbocycles. The molecule has 4 N–H and O–H groups in total. The van der Waals surface area contributed by atoms with Crippen LogP contribution in [-0.2, 0) is 9.53 Å². The fraction of sp³-hybridized carbons (Fsp3) is 0.400. The lowest BCUT2D eigenvalue weighted by Crippen LogP contribution is -2.29. The van der Waals surface area contributed by atoms with Crippen LogP contribution in [0.2, 0.25) is 0 Å².